The highest BCUT2D eigenvalue weighted by Crippen LogP contribution is 2.35. The zero-order valence-electron chi connectivity index (χ0n) is 11.7. The minimum Gasteiger partial charge on any atom is -0.606 e. The number of aliphatic hydroxyl groups is 2. The van der Waals surface area contributed by atoms with Gasteiger partial charge in [0.25, 0.3) is 0 Å². The highest BCUT2D eigenvalue weighted by atomic mass is 32.2. The van der Waals surface area contributed by atoms with E-state index in [4.69, 9.17) is 10.2 Å². The Kier molecular flexibility index (Phi) is 4.31. The molecule has 4 heteroatoms. The Morgan fingerprint density at radius 2 is 1.52 bits per heavy atom. The number of fused-ring (bicyclic) bond motifs is 2. The lowest BCUT2D eigenvalue weighted by atomic mass is 9.99. The summed E-state index contributed by atoms with van der Waals surface area (Å²) in [5.74, 6) is 0. The van der Waals surface area contributed by atoms with E-state index in [0.29, 0.717) is 12.8 Å². The standard InChI is InChI=1S/C17H18O3S/c18-7-5-12-2-4-16-15(9-12)11-14-3-1-13(6-8-19)10-17(14)21(16)20/h1-4,9-10,18-19H,5-8,11H2. The lowest BCUT2D eigenvalue weighted by Gasteiger charge is -2.22. The predicted molar refractivity (Wildman–Crippen MR) is 81.9 cm³/mol. The third-order valence-electron chi connectivity index (χ3n) is 3.84. The molecule has 0 bridgehead atoms. The van der Waals surface area contributed by atoms with E-state index in [1.807, 2.05) is 36.4 Å². The topological polar surface area (TPSA) is 63.5 Å². The first-order valence-electron chi connectivity index (χ1n) is 7.10. The van der Waals surface area contributed by atoms with Crippen LogP contribution in [-0.4, -0.2) is 28.0 Å². The van der Waals surface area contributed by atoms with Gasteiger partial charge in [-0.25, -0.2) is 0 Å². The first-order chi connectivity index (χ1) is 10.2. The Balaban J connectivity index is 1.97. The fourth-order valence-electron chi connectivity index (χ4n) is 2.76. The molecule has 110 valence electrons. The maximum absolute atomic E-state index is 12.7. The van der Waals surface area contributed by atoms with Gasteiger partial charge in [-0.3, -0.25) is 0 Å². The Morgan fingerprint density at radius 1 is 0.857 bits per heavy atom. The van der Waals surface area contributed by atoms with Gasteiger partial charge in [-0.1, -0.05) is 24.3 Å². The third-order valence-corrected chi connectivity index (χ3v) is 5.42. The molecule has 0 aliphatic carbocycles. The number of hydrogen-bond donors (Lipinski definition) is 2. The van der Waals surface area contributed by atoms with E-state index < -0.39 is 11.2 Å². The van der Waals surface area contributed by atoms with Crippen LogP contribution in [-0.2, 0) is 30.4 Å². The second-order valence-electron chi connectivity index (χ2n) is 5.28. The molecule has 0 saturated heterocycles. The second kappa shape index (κ2) is 6.20. The van der Waals surface area contributed by atoms with Crippen LogP contribution in [0.3, 0.4) is 0 Å². The number of hydrogen-bond acceptors (Lipinski definition) is 3. The van der Waals surface area contributed by atoms with E-state index in [0.717, 1.165) is 38.5 Å². The summed E-state index contributed by atoms with van der Waals surface area (Å²) in [6, 6.07) is 11.9. The van der Waals surface area contributed by atoms with Crippen LogP contribution >= 0.6 is 0 Å². The van der Waals surface area contributed by atoms with Crippen molar-refractivity contribution in [1.82, 2.24) is 0 Å². The first kappa shape index (κ1) is 14.6. The summed E-state index contributed by atoms with van der Waals surface area (Å²) >= 11 is -1.16. The van der Waals surface area contributed by atoms with Gasteiger partial charge < -0.3 is 14.8 Å². The van der Waals surface area contributed by atoms with Gasteiger partial charge >= 0.3 is 0 Å². The summed E-state index contributed by atoms with van der Waals surface area (Å²) in [7, 11) is 0. The average molecular weight is 302 g/mol. The van der Waals surface area contributed by atoms with Crippen molar-refractivity contribution < 1.29 is 14.8 Å². The monoisotopic (exact) mass is 302 g/mol. The van der Waals surface area contributed by atoms with Gasteiger partial charge in [0.05, 0.1) is 0 Å². The third kappa shape index (κ3) is 2.85. The van der Waals surface area contributed by atoms with Crippen molar-refractivity contribution >= 4 is 11.2 Å². The molecule has 0 aromatic heterocycles. The van der Waals surface area contributed by atoms with Crippen LogP contribution in [0.1, 0.15) is 22.3 Å². The van der Waals surface area contributed by atoms with Crippen molar-refractivity contribution in [3.8, 4) is 0 Å². The summed E-state index contributed by atoms with van der Waals surface area (Å²) in [6.45, 7) is 0.232. The minimum absolute atomic E-state index is 0.104. The van der Waals surface area contributed by atoms with Crippen molar-refractivity contribution in [3.05, 3.63) is 58.7 Å². The SMILES string of the molecule is [O-][S+]1c2ccc(CCO)cc2Cc2ccc(CCO)cc21. The van der Waals surface area contributed by atoms with E-state index in [9.17, 15) is 4.55 Å². The van der Waals surface area contributed by atoms with Gasteiger partial charge in [0.15, 0.2) is 9.79 Å². The lowest BCUT2D eigenvalue weighted by Crippen LogP contribution is -2.15. The summed E-state index contributed by atoms with van der Waals surface area (Å²) in [6.07, 6.45) is 1.99. The molecule has 2 aromatic rings. The number of rotatable bonds is 4. The van der Waals surface area contributed by atoms with Crippen molar-refractivity contribution in [3.63, 3.8) is 0 Å². The molecule has 1 heterocycles. The molecule has 1 atom stereocenters. The Labute approximate surface area is 127 Å². The van der Waals surface area contributed by atoms with Crippen LogP contribution in [0.2, 0.25) is 0 Å². The average Bonchev–Trinajstić information content (AvgIpc) is 2.49. The fourth-order valence-corrected chi connectivity index (χ4v) is 4.20. The molecule has 0 amide bonds. The van der Waals surface area contributed by atoms with E-state index in [-0.39, 0.29) is 13.2 Å². The van der Waals surface area contributed by atoms with Gasteiger partial charge in [0.1, 0.15) is 0 Å². The van der Waals surface area contributed by atoms with Crippen molar-refractivity contribution in [2.24, 2.45) is 0 Å². The molecular weight excluding hydrogens is 284 g/mol. The molecular formula is C17H18O3S. The summed E-state index contributed by atoms with van der Waals surface area (Å²) in [5.41, 5.74) is 4.27. The quantitative estimate of drug-likeness (QED) is 0.847. The van der Waals surface area contributed by atoms with Gasteiger partial charge in [-0.05, 0) is 36.1 Å². The maximum atomic E-state index is 12.7. The summed E-state index contributed by atoms with van der Waals surface area (Å²) in [5, 5.41) is 18.1. The zero-order valence-corrected chi connectivity index (χ0v) is 12.5. The lowest BCUT2D eigenvalue weighted by molar-refractivity contribution is 0.299. The molecule has 21 heavy (non-hydrogen) atoms. The molecule has 2 aromatic carbocycles. The van der Waals surface area contributed by atoms with E-state index >= 15 is 0 Å². The van der Waals surface area contributed by atoms with Crippen LogP contribution in [0.4, 0.5) is 0 Å². The zero-order chi connectivity index (χ0) is 14.8. The maximum Gasteiger partial charge on any atom is 0.162 e. The molecule has 2 N–H and O–H groups in total. The highest BCUT2D eigenvalue weighted by Gasteiger charge is 2.28. The predicted octanol–water partition coefficient (Wildman–Crippen LogP) is 1.83. The van der Waals surface area contributed by atoms with Gasteiger partial charge in [-0.15, -0.1) is 0 Å². The molecule has 0 radical (unpaired) electrons. The van der Waals surface area contributed by atoms with E-state index in [2.05, 4.69) is 0 Å². The van der Waals surface area contributed by atoms with Crippen molar-refractivity contribution in [2.75, 3.05) is 13.2 Å². The van der Waals surface area contributed by atoms with Crippen LogP contribution in [0.25, 0.3) is 0 Å². The number of aliphatic hydroxyl groups excluding tert-OH is 2. The molecule has 1 aliphatic heterocycles. The number of benzene rings is 2. The molecule has 0 saturated carbocycles. The van der Waals surface area contributed by atoms with E-state index in [1.165, 1.54) is 0 Å². The Bertz CT molecular complexity index is 654. The van der Waals surface area contributed by atoms with E-state index in [1.54, 1.807) is 0 Å². The van der Waals surface area contributed by atoms with Crippen LogP contribution in [0, 0.1) is 0 Å². The minimum atomic E-state index is -1.16. The van der Waals surface area contributed by atoms with Crippen LogP contribution in [0.15, 0.2) is 46.2 Å². The van der Waals surface area contributed by atoms with Gasteiger partial charge in [-0.2, -0.15) is 0 Å². The molecule has 0 fully saturated rings. The largest absolute Gasteiger partial charge is 0.606 e. The molecule has 1 unspecified atom stereocenters. The molecule has 0 spiro atoms. The second-order valence-corrected chi connectivity index (χ2v) is 6.69. The fraction of sp³-hybridized carbons (Fsp3) is 0.294. The Hall–Kier alpha value is -1.33. The Morgan fingerprint density at radius 3 is 2.24 bits per heavy atom. The molecule has 3 nitrogen and oxygen atoms in total. The molecule has 1 aliphatic rings. The summed E-state index contributed by atoms with van der Waals surface area (Å²) < 4.78 is 12.7. The van der Waals surface area contributed by atoms with Crippen LogP contribution in [0.5, 0.6) is 0 Å². The van der Waals surface area contributed by atoms with Gasteiger partial charge in [0.2, 0.25) is 0 Å². The molecule has 3 rings (SSSR count). The van der Waals surface area contributed by atoms with Gasteiger partial charge in [0, 0.05) is 41.9 Å². The summed E-state index contributed by atoms with van der Waals surface area (Å²) in [4.78, 5) is 1.73. The highest BCUT2D eigenvalue weighted by molar-refractivity contribution is 7.91. The normalized spacial score (nSPS) is 16.4. The first-order valence-corrected chi connectivity index (χ1v) is 8.25. The van der Waals surface area contributed by atoms with Crippen molar-refractivity contribution in [2.45, 2.75) is 29.1 Å². The smallest absolute Gasteiger partial charge is 0.162 e. The van der Waals surface area contributed by atoms with Crippen LogP contribution < -0.4 is 0 Å². The van der Waals surface area contributed by atoms with Crippen molar-refractivity contribution in [1.29, 1.82) is 0 Å².